The van der Waals surface area contributed by atoms with Gasteiger partial charge in [-0.1, -0.05) is 145 Å². The zero-order valence-electron chi connectivity index (χ0n) is 27.5. The van der Waals surface area contributed by atoms with Crippen molar-refractivity contribution in [2.24, 2.45) is 0 Å². The number of esters is 1. The average molecular weight is 587 g/mol. The lowest BCUT2D eigenvalue weighted by molar-refractivity contribution is -0.154. The molecule has 242 valence electrons. The van der Waals surface area contributed by atoms with Crippen molar-refractivity contribution in [1.82, 2.24) is 0 Å². The van der Waals surface area contributed by atoms with Crippen LogP contribution in [0.2, 0.25) is 0 Å². The number of allylic oxidation sites excluding steroid dienone is 10. The summed E-state index contributed by atoms with van der Waals surface area (Å²) in [5.41, 5.74) is 0. The molecule has 0 radical (unpaired) electrons. The number of carbonyl (C=O) groups excluding carboxylic acids is 1. The molecule has 0 spiro atoms. The Labute approximate surface area is 260 Å². The van der Waals surface area contributed by atoms with Crippen molar-refractivity contribution in [2.75, 3.05) is 19.8 Å². The van der Waals surface area contributed by atoms with Crippen molar-refractivity contribution in [2.45, 2.75) is 155 Å². The van der Waals surface area contributed by atoms with Gasteiger partial charge in [-0.05, 0) is 57.8 Å². The lowest BCUT2D eigenvalue weighted by Gasteiger charge is -2.15. The molecule has 0 saturated carbocycles. The van der Waals surface area contributed by atoms with E-state index in [-0.39, 0.29) is 19.2 Å². The van der Waals surface area contributed by atoms with Gasteiger partial charge in [-0.15, -0.1) is 0 Å². The van der Waals surface area contributed by atoms with Crippen LogP contribution in [0.5, 0.6) is 0 Å². The van der Waals surface area contributed by atoms with Crippen molar-refractivity contribution in [1.29, 1.82) is 0 Å². The van der Waals surface area contributed by atoms with Crippen LogP contribution in [-0.4, -0.2) is 37.0 Å². The summed E-state index contributed by atoms with van der Waals surface area (Å²) in [6.45, 7) is 5.10. The molecule has 0 saturated heterocycles. The van der Waals surface area contributed by atoms with Gasteiger partial charge in [-0.2, -0.15) is 0 Å². The Kier molecular flexibility index (Phi) is 33.7. The normalized spacial score (nSPS) is 13.1. The van der Waals surface area contributed by atoms with Gasteiger partial charge in [0.1, 0.15) is 6.10 Å². The van der Waals surface area contributed by atoms with E-state index >= 15 is 0 Å². The van der Waals surface area contributed by atoms with Crippen LogP contribution in [0.15, 0.2) is 60.8 Å². The first-order chi connectivity index (χ1) is 20.7. The van der Waals surface area contributed by atoms with Gasteiger partial charge in [0.25, 0.3) is 0 Å². The quantitative estimate of drug-likeness (QED) is 0.0499. The van der Waals surface area contributed by atoms with Crippen LogP contribution >= 0.6 is 0 Å². The summed E-state index contributed by atoms with van der Waals surface area (Å²) < 4.78 is 11.0. The zero-order valence-corrected chi connectivity index (χ0v) is 27.5. The number of carbonyl (C=O) groups is 1. The Hall–Kier alpha value is -1.91. The second-order valence-electron chi connectivity index (χ2n) is 11.2. The standard InChI is InChI=1S/C38H66O4/c1-3-5-7-9-10-11-12-13-14-15-16-17-18-19-20-21-22-23-24-25-26-27-28-29-30-32-34-41-36-37(35-39)42-38(40)33-31-8-6-4-2/h5,7,10-11,13-14,16-17,19-20,37,39H,3-4,6,8-9,12,15,18,21-36H2,1-2H3/b7-5-,11-10-,14-13-,17-16-,20-19-. The molecule has 1 atom stereocenters. The molecule has 0 aromatic heterocycles. The predicted octanol–water partition coefficient (Wildman–Crippen LogP) is 10.9. The minimum absolute atomic E-state index is 0.177. The largest absolute Gasteiger partial charge is 0.457 e. The minimum atomic E-state index is -0.532. The Bertz CT molecular complexity index is 704. The number of ether oxygens (including phenoxy) is 2. The van der Waals surface area contributed by atoms with E-state index in [4.69, 9.17) is 9.47 Å². The molecule has 0 aromatic rings. The molecule has 0 aromatic carbocycles. The maximum Gasteiger partial charge on any atom is 0.306 e. The summed E-state index contributed by atoms with van der Waals surface area (Å²) in [6.07, 6.45) is 45.9. The molecule has 4 nitrogen and oxygen atoms in total. The fourth-order valence-electron chi connectivity index (χ4n) is 4.53. The molecular formula is C38H66O4. The van der Waals surface area contributed by atoms with Gasteiger partial charge < -0.3 is 14.6 Å². The Morgan fingerprint density at radius 1 is 0.595 bits per heavy atom. The predicted molar refractivity (Wildman–Crippen MR) is 182 cm³/mol. The SMILES string of the molecule is CC/C=C\C/C=C\C/C=C\C/C=C\C/C=C\CCCCCCCCCCCCOCC(CO)OC(=O)CCCCCC. The van der Waals surface area contributed by atoms with Gasteiger partial charge in [0.15, 0.2) is 0 Å². The van der Waals surface area contributed by atoms with Crippen LogP contribution in [0.1, 0.15) is 149 Å². The lowest BCUT2D eigenvalue weighted by Crippen LogP contribution is -2.27. The van der Waals surface area contributed by atoms with Crippen LogP contribution in [0.25, 0.3) is 0 Å². The molecule has 1 unspecified atom stereocenters. The number of hydrogen-bond donors (Lipinski definition) is 1. The third kappa shape index (κ3) is 32.6. The first-order valence-electron chi connectivity index (χ1n) is 17.4. The van der Waals surface area contributed by atoms with Crippen molar-refractivity contribution in [3.8, 4) is 0 Å². The third-order valence-electron chi connectivity index (χ3n) is 7.11. The fourth-order valence-corrected chi connectivity index (χ4v) is 4.53. The Morgan fingerprint density at radius 2 is 1.07 bits per heavy atom. The van der Waals surface area contributed by atoms with Gasteiger partial charge in [0.05, 0.1) is 13.2 Å². The summed E-state index contributed by atoms with van der Waals surface area (Å²) in [5.74, 6) is -0.223. The minimum Gasteiger partial charge on any atom is -0.457 e. The first kappa shape index (κ1) is 40.1. The summed E-state index contributed by atoms with van der Waals surface area (Å²) in [7, 11) is 0. The van der Waals surface area contributed by atoms with E-state index in [1.54, 1.807) is 0 Å². The third-order valence-corrected chi connectivity index (χ3v) is 7.11. The van der Waals surface area contributed by atoms with Crippen LogP contribution < -0.4 is 0 Å². The van der Waals surface area contributed by atoms with E-state index in [1.807, 2.05) is 0 Å². The first-order valence-corrected chi connectivity index (χ1v) is 17.4. The van der Waals surface area contributed by atoms with Crippen molar-refractivity contribution < 1.29 is 19.4 Å². The molecule has 0 aliphatic rings. The topological polar surface area (TPSA) is 55.8 Å². The second-order valence-corrected chi connectivity index (χ2v) is 11.2. The average Bonchev–Trinajstić information content (AvgIpc) is 3.00. The molecule has 1 N–H and O–H groups in total. The van der Waals surface area contributed by atoms with Crippen LogP contribution in [0, 0.1) is 0 Å². The number of rotatable bonds is 31. The van der Waals surface area contributed by atoms with Crippen molar-refractivity contribution in [3.63, 3.8) is 0 Å². The molecule has 4 heteroatoms. The summed E-state index contributed by atoms with van der Waals surface area (Å²) in [4.78, 5) is 11.8. The van der Waals surface area contributed by atoms with E-state index in [9.17, 15) is 9.90 Å². The maximum atomic E-state index is 11.8. The van der Waals surface area contributed by atoms with Gasteiger partial charge in [0, 0.05) is 13.0 Å². The van der Waals surface area contributed by atoms with Gasteiger partial charge >= 0.3 is 5.97 Å². The highest BCUT2D eigenvalue weighted by Gasteiger charge is 2.13. The molecule has 0 rings (SSSR count). The number of aliphatic hydroxyl groups is 1. The van der Waals surface area contributed by atoms with Crippen LogP contribution in [0.3, 0.4) is 0 Å². The maximum absolute atomic E-state index is 11.8. The second kappa shape index (κ2) is 35.3. The molecule has 0 aliphatic heterocycles. The van der Waals surface area contributed by atoms with Gasteiger partial charge in [-0.25, -0.2) is 0 Å². The summed E-state index contributed by atoms with van der Waals surface area (Å²) in [6, 6.07) is 0. The lowest BCUT2D eigenvalue weighted by atomic mass is 10.1. The summed E-state index contributed by atoms with van der Waals surface area (Å²) in [5, 5.41) is 9.42. The molecule has 0 fully saturated rings. The zero-order chi connectivity index (χ0) is 30.6. The highest BCUT2D eigenvalue weighted by atomic mass is 16.6. The number of aliphatic hydroxyl groups excluding tert-OH is 1. The van der Waals surface area contributed by atoms with Crippen LogP contribution in [-0.2, 0) is 14.3 Å². The Balaban J connectivity index is 3.41. The smallest absolute Gasteiger partial charge is 0.306 e. The van der Waals surface area contributed by atoms with E-state index in [0.29, 0.717) is 13.0 Å². The molecule has 0 amide bonds. The van der Waals surface area contributed by atoms with Gasteiger partial charge in [-0.3, -0.25) is 4.79 Å². The van der Waals surface area contributed by atoms with E-state index in [2.05, 4.69) is 74.6 Å². The van der Waals surface area contributed by atoms with Gasteiger partial charge in [0.2, 0.25) is 0 Å². The number of hydrogen-bond acceptors (Lipinski definition) is 4. The van der Waals surface area contributed by atoms with Crippen molar-refractivity contribution >= 4 is 5.97 Å². The highest BCUT2D eigenvalue weighted by Crippen LogP contribution is 2.12. The van der Waals surface area contributed by atoms with Crippen molar-refractivity contribution in [3.05, 3.63) is 60.8 Å². The van der Waals surface area contributed by atoms with E-state index < -0.39 is 6.10 Å². The van der Waals surface area contributed by atoms with E-state index in [1.165, 1.54) is 64.2 Å². The molecular weight excluding hydrogens is 520 g/mol. The molecule has 0 heterocycles. The highest BCUT2D eigenvalue weighted by molar-refractivity contribution is 5.69. The fraction of sp³-hybridized carbons (Fsp3) is 0.711. The number of unbranched alkanes of at least 4 members (excludes halogenated alkanes) is 13. The molecule has 0 bridgehead atoms. The summed E-state index contributed by atoms with van der Waals surface area (Å²) >= 11 is 0. The monoisotopic (exact) mass is 586 g/mol. The molecule has 0 aliphatic carbocycles. The molecule has 42 heavy (non-hydrogen) atoms. The van der Waals surface area contributed by atoms with E-state index in [0.717, 1.165) is 64.2 Å². The van der Waals surface area contributed by atoms with Crippen LogP contribution in [0.4, 0.5) is 0 Å². The Morgan fingerprint density at radius 3 is 1.60 bits per heavy atom.